The molecular weight excluding hydrogens is 268 g/mol. The van der Waals surface area contributed by atoms with Crippen LogP contribution in [0.25, 0.3) is 0 Å². The van der Waals surface area contributed by atoms with Crippen LogP contribution in [0.1, 0.15) is 23.1 Å². The molecule has 3 heterocycles. The van der Waals surface area contributed by atoms with Gasteiger partial charge in [0.2, 0.25) is 5.91 Å². The summed E-state index contributed by atoms with van der Waals surface area (Å²) in [5.41, 5.74) is 1.73. The number of aromatic nitrogens is 2. The van der Waals surface area contributed by atoms with Gasteiger partial charge in [0.1, 0.15) is 5.76 Å². The maximum absolute atomic E-state index is 12.6. The Morgan fingerprint density at radius 3 is 3.19 bits per heavy atom. The van der Waals surface area contributed by atoms with Crippen molar-refractivity contribution in [2.45, 2.75) is 19.4 Å². The van der Waals surface area contributed by atoms with E-state index in [1.807, 2.05) is 30.2 Å². The molecular formula is C15H18N4O2. The third-order valence-corrected chi connectivity index (χ3v) is 3.64. The Bertz CT molecular complexity index is 611. The number of hydrogen-bond acceptors (Lipinski definition) is 5. The van der Waals surface area contributed by atoms with E-state index in [1.165, 1.54) is 0 Å². The van der Waals surface area contributed by atoms with Crippen LogP contribution in [0.5, 0.6) is 0 Å². The lowest BCUT2D eigenvalue weighted by Gasteiger charge is -2.36. The Labute approximate surface area is 123 Å². The van der Waals surface area contributed by atoms with E-state index in [1.54, 1.807) is 12.3 Å². The number of aryl methyl sites for hydroxylation is 1. The molecule has 2 aromatic rings. The van der Waals surface area contributed by atoms with E-state index < -0.39 is 0 Å². The second-order valence-electron chi connectivity index (χ2n) is 5.20. The highest BCUT2D eigenvalue weighted by Gasteiger charge is 2.28. The van der Waals surface area contributed by atoms with Gasteiger partial charge in [-0.2, -0.15) is 0 Å². The van der Waals surface area contributed by atoms with E-state index >= 15 is 0 Å². The van der Waals surface area contributed by atoms with Crippen molar-refractivity contribution >= 4 is 5.91 Å². The normalized spacial score (nSPS) is 18.7. The van der Waals surface area contributed by atoms with Gasteiger partial charge in [-0.15, -0.1) is 0 Å². The van der Waals surface area contributed by atoms with Crippen molar-refractivity contribution in [3.8, 4) is 0 Å². The molecule has 0 aliphatic carbocycles. The van der Waals surface area contributed by atoms with Crippen LogP contribution in [-0.2, 0) is 11.2 Å². The predicted molar refractivity (Wildman–Crippen MR) is 76.5 cm³/mol. The van der Waals surface area contributed by atoms with E-state index in [0.717, 1.165) is 24.4 Å². The molecule has 1 fully saturated rings. The molecule has 0 aromatic carbocycles. The fourth-order valence-corrected chi connectivity index (χ4v) is 2.63. The van der Waals surface area contributed by atoms with Crippen molar-refractivity contribution in [3.63, 3.8) is 0 Å². The summed E-state index contributed by atoms with van der Waals surface area (Å²) in [7, 11) is 0. The van der Waals surface area contributed by atoms with Crippen LogP contribution in [0.3, 0.4) is 0 Å². The van der Waals surface area contributed by atoms with Crippen LogP contribution >= 0.6 is 0 Å². The smallest absolute Gasteiger partial charge is 0.229 e. The Kier molecular flexibility index (Phi) is 3.96. The zero-order valence-corrected chi connectivity index (χ0v) is 12.0. The number of amides is 1. The number of nitrogens with zero attached hydrogens (tertiary/aromatic N) is 3. The lowest BCUT2D eigenvalue weighted by Crippen LogP contribution is -2.49. The molecule has 1 unspecified atom stereocenters. The number of hydrogen-bond donors (Lipinski definition) is 1. The number of pyridine rings is 1. The lowest BCUT2D eigenvalue weighted by atomic mass is 10.0. The second kappa shape index (κ2) is 6.05. The van der Waals surface area contributed by atoms with Crippen LogP contribution in [0.15, 0.2) is 35.1 Å². The van der Waals surface area contributed by atoms with Gasteiger partial charge in [0.05, 0.1) is 18.2 Å². The molecule has 1 aliphatic rings. The van der Waals surface area contributed by atoms with E-state index in [2.05, 4.69) is 15.5 Å². The van der Waals surface area contributed by atoms with Crippen LogP contribution in [0, 0.1) is 6.92 Å². The third-order valence-electron chi connectivity index (χ3n) is 3.64. The quantitative estimate of drug-likeness (QED) is 0.914. The Morgan fingerprint density at radius 1 is 1.57 bits per heavy atom. The minimum atomic E-state index is 0.0212. The average Bonchev–Trinajstić information content (AvgIpc) is 2.93. The topological polar surface area (TPSA) is 71.3 Å². The molecule has 6 heteroatoms. The van der Waals surface area contributed by atoms with Crippen molar-refractivity contribution in [2.75, 3.05) is 19.6 Å². The summed E-state index contributed by atoms with van der Waals surface area (Å²) in [6, 6.07) is 5.73. The highest BCUT2D eigenvalue weighted by molar-refractivity contribution is 5.79. The van der Waals surface area contributed by atoms with Gasteiger partial charge in [-0.05, 0) is 18.6 Å². The maximum atomic E-state index is 12.6. The van der Waals surface area contributed by atoms with Gasteiger partial charge in [0, 0.05) is 38.1 Å². The fraction of sp³-hybridized carbons (Fsp3) is 0.400. The van der Waals surface area contributed by atoms with Gasteiger partial charge < -0.3 is 14.7 Å². The molecule has 6 nitrogen and oxygen atoms in total. The van der Waals surface area contributed by atoms with Crippen LogP contribution < -0.4 is 5.32 Å². The number of nitrogens with one attached hydrogen (secondary N) is 1. The number of rotatable bonds is 3. The van der Waals surface area contributed by atoms with E-state index in [0.29, 0.717) is 12.2 Å². The van der Waals surface area contributed by atoms with Crippen LogP contribution in [0.4, 0.5) is 0 Å². The zero-order valence-electron chi connectivity index (χ0n) is 12.0. The fourth-order valence-electron chi connectivity index (χ4n) is 2.63. The van der Waals surface area contributed by atoms with Gasteiger partial charge >= 0.3 is 0 Å². The summed E-state index contributed by atoms with van der Waals surface area (Å²) < 4.78 is 5.02. The first-order valence-electron chi connectivity index (χ1n) is 7.06. The van der Waals surface area contributed by atoms with Crippen molar-refractivity contribution < 1.29 is 9.32 Å². The first kappa shape index (κ1) is 13.8. The van der Waals surface area contributed by atoms with Gasteiger partial charge in [-0.1, -0.05) is 11.2 Å². The number of carbonyl (C=O) groups is 1. The van der Waals surface area contributed by atoms with E-state index in [9.17, 15) is 4.79 Å². The molecule has 0 bridgehead atoms. The summed E-state index contributed by atoms with van der Waals surface area (Å²) in [6.07, 6.45) is 3.83. The largest absolute Gasteiger partial charge is 0.361 e. The summed E-state index contributed by atoms with van der Waals surface area (Å²) in [5.74, 6) is 0.792. The summed E-state index contributed by atoms with van der Waals surface area (Å²) in [6.45, 7) is 4.06. The minimum Gasteiger partial charge on any atom is -0.361 e. The average molecular weight is 286 g/mol. The van der Waals surface area contributed by atoms with E-state index in [-0.39, 0.29) is 18.4 Å². The first-order chi connectivity index (χ1) is 10.2. The second-order valence-corrected chi connectivity index (χ2v) is 5.20. The van der Waals surface area contributed by atoms with Crippen molar-refractivity contribution in [1.82, 2.24) is 20.4 Å². The summed E-state index contributed by atoms with van der Waals surface area (Å²) in [5, 5.41) is 7.23. The van der Waals surface area contributed by atoms with E-state index in [4.69, 9.17) is 4.52 Å². The molecule has 1 N–H and O–H groups in total. The Morgan fingerprint density at radius 2 is 2.48 bits per heavy atom. The highest BCUT2D eigenvalue weighted by atomic mass is 16.5. The molecule has 1 saturated heterocycles. The molecule has 0 saturated carbocycles. The molecule has 0 spiro atoms. The molecule has 2 aromatic heterocycles. The zero-order chi connectivity index (χ0) is 14.7. The van der Waals surface area contributed by atoms with Crippen molar-refractivity contribution in [2.24, 2.45) is 0 Å². The SMILES string of the molecule is Cc1cc(CC(=O)N2CCNCC2c2cccnc2)no1. The molecule has 0 radical (unpaired) electrons. The van der Waals surface area contributed by atoms with Crippen LogP contribution in [-0.4, -0.2) is 40.6 Å². The molecule has 110 valence electrons. The maximum Gasteiger partial charge on any atom is 0.229 e. The van der Waals surface area contributed by atoms with Crippen molar-refractivity contribution in [1.29, 1.82) is 0 Å². The lowest BCUT2D eigenvalue weighted by molar-refractivity contribution is -0.133. The minimum absolute atomic E-state index is 0.0212. The summed E-state index contributed by atoms with van der Waals surface area (Å²) in [4.78, 5) is 18.6. The Balaban J connectivity index is 1.76. The standard InChI is InChI=1S/C15H18N4O2/c1-11-7-13(18-21-11)8-15(20)19-6-5-17-10-14(19)12-3-2-4-16-9-12/h2-4,7,9,14,17H,5-6,8,10H2,1H3. The predicted octanol–water partition coefficient (Wildman–Crippen LogP) is 1.09. The molecule has 1 aliphatic heterocycles. The number of piperazine rings is 1. The first-order valence-corrected chi connectivity index (χ1v) is 7.06. The third kappa shape index (κ3) is 3.11. The van der Waals surface area contributed by atoms with Gasteiger partial charge in [0.25, 0.3) is 0 Å². The number of carbonyl (C=O) groups excluding carboxylic acids is 1. The van der Waals surface area contributed by atoms with Gasteiger partial charge in [0.15, 0.2) is 0 Å². The van der Waals surface area contributed by atoms with Crippen LogP contribution in [0.2, 0.25) is 0 Å². The monoisotopic (exact) mass is 286 g/mol. The van der Waals surface area contributed by atoms with Crippen molar-refractivity contribution in [3.05, 3.63) is 47.6 Å². The Hall–Kier alpha value is -2.21. The molecule has 21 heavy (non-hydrogen) atoms. The molecule has 3 rings (SSSR count). The van der Waals surface area contributed by atoms with Gasteiger partial charge in [-0.3, -0.25) is 9.78 Å². The summed E-state index contributed by atoms with van der Waals surface area (Å²) >= 11 is 0. The molecule has 1 amide bonds. The highest BCUT2D eigenvalue weighted by Crippen LogP contribution is 2.22. The van der Waals surface area contributed by atoms with Gasteiger partial charge in [-0.25, -0.2) is 0 Å². The molecule has 1 atom stereocenters.